The number of nitrogens with zero attached hydrogens (tertiary/aromatic N) is 1. The largest absolute Gasteiger partial charge is 0.317 e. The number of hydrogen-bond acceptors (Lipinski definition) is 3. The van der Waals surface area contributed by atoms with Gasteiger partial charge in [-0.1, -0.05) is 11.6 Å². The van der Waals surface area contributed by atoms with Crippen molar-refractivity contribution in [1.82, 2.24) is 10.3 Å². The molecule has 0 bridgehead atoms. The van der Waals surface area contributed by atoms with Crippen molar-refractivity contribution in [2.24, 2.45) is 5.92 Å². The van der Waals surface area contributed by atoms with Gasteiger partial charge < -0.3 is 10.6 Å². The minimum atomic E-state index is -0.00543. The highest BCUT2D eigenvalue weighted by Gasteiger charge is 2.15. The summed E-state index contributed by atoms with van der Waals surface area (Å²) in [6, 6.07) is 3.46. The van der Waals surface area contributed by atoms with Crippen molar-refractivity contribution in [2.75, 3.05) is 18.4 Å². The van der Waals surface area contributed by atoms with Crippen LogP contribution in [0.4, 0.5) is 5.82 Å². The van der Waals surface area contributed by atoms with Gasteiger partial charge in [-0.3, -0.25) is 4.79 Å². The van der Waals surface area contributed by atoms with Crippen molar-refractivity contribution in [1.29, 1.82) is 0 Å². The molecule has 0 atom stereocenters. The molecule has 1 amide bonds. The Morgan fingerprint density at radius 1 is 1.50 bits per heavy atom. The summed E-state index contributed by atoms with van der Waals surface area (Å²) < 4.78 is 0. The minimum absolute atomic E-state index is 0.00543. The van der Waals surface area contributed by atoms with Gasteiger partial charge in [0.2, 0.25) is 5.91 Å². The van der Waals surface area contributed by atoms with Crippen LogP contribution in [0, 0.1) is 5.92 Å². The molecule has 1 aromatic rings. The normalized spacial score (nSPS) is 16.5. The number of piperidine rings is 1. The summed E-state index contributed by atoms with van der Waals surface area (Å²) in [5.41, 5.74) is 0. The molecule has 0 aromatic carbocycles. The topological polar surface area (TPSA) is 54.0 Å². The molecule has 0 unspecified atom stereocenters. The summed E-state index contributed by atoms with van der Waals surface area (Å²) in [5.74, 6) is 1.11. The Balaban J connectivity index is 1.76. The van der Waals surface area contributed by atoms with Crippen molar-refractivity contribution in [3.8, 4) is 0 Å². The van der Waals surface area contributed by atoms with Crippen molar-refractivity contribution < 1.29 is 4.79 Å². The first kappa shape index (κ1) is 13.3. The summed E-state index contributed by atoms with van der Waals surface area (Å²) in [6.45, 7) is 2.14. The third-order valence-electron chi connectivity index (χ3n) is 3.25. The fourth-order valence-electron chi connectivity index (χ4n) is 2.18. The lowest BCUT2D eigenvalue weighted by Crippen LogP contribution is -2.28. The van der Waals surface area contributed by atoms with Crippen LogP contribution in [-0.2, 0) is 4.79 Å². The SMILES string of the molecule is O=C(CCC1CCNCC1)Nc1ncccc1Cl. The average Bonchev–Trinajstić information content (AvgIpc) is 2.40. The van der Waals surface area contributed by atoms with Gasteiger partial charge >= 0.3 is 0 Å². The second-order valence-electron chi connectivity index (χ2n) is 4.61. The van der Waals surface area contributed by atoms with E-state index in [4.69, 9.17) is 11.6 Å². The van der Waals surface area contributed by atoms with Crippen LogP contribution in [0.1, 0.15) is 25.7 Å². The molecular formula is C13H18ClN3O. The zero-order valence-corrected chi connectivity index (χ0v) is 11.0. The Bertz CT molecular complexity index is 405. The van der Waals surface area contributed by atoms with Crippen LogP contribution >= 0.6 is 11.6 Å². The molecule has 0 saturated carbocycles. The molecule has 2 rings (SSSR count). The van der Waals surface area contributed by atoms with Gasteiger partial charge in [0.15, 0.2) is 5.82 Å². The van der Waals surface area contributed by atoms with Crippen LogP contribution in [0.15, 0.2) is 18.3 Å². The molecule has 4 nitrogen and oxygen atoms in total. The van der Waals surface area contributed by atoms with Crippen LogP contribution in [0.25, 0.3) is 0 Å². The molecular weight excluding hydrogens is 250 g/mol. The first-order chi connectivity index (χ1) is 8.75. The maximum absolute atomic E-state index is 11.8. The highest BCUT2D eigenvalue weighted by atomic mass is 35.5. The lowest BCUT2D eigenvalue weighted by atomic mass is 9.93. The molecule has 0 aliphatic carbocycles. The number of hydrogen-bond donors (Lipinski definition) is 2. The van der Waals surface area contributed by atoms with Crippen LogP contribution in [-0.4, -0.2) is 24.0 Å². The Labute approximate surface area is 112 Å². The molecule has 0 spiro atoms. The Hall–Kier alpha value is -1.13. The predicted octanol–water partition coefficient (Wildman–Crippen LogP) is 2.45. The van der Waals surface area contributed by atoms with Crippen LogP contribution in [0.3, 0.4) is 0 Å². The molecule has 2 heterocycles. The number of pyridine rings is 1. The summed E-state index contributed by atoms with van der Waals surface area (Å²) in [7, 11) is 0. The third-order valence-corrected chi connectivity index (χ3v) is 3.56. The Kier molecular flexibility index (Phi) is 4.96. The minimum Gasteiger partial charge on any atom is -0.317 e. The molecule has 1 aliphatic heterocycles. The first-order valence-electron chi connectivity index (χ1n) is 6.37. The van der Waals surface area contributed by atoms with E-state index in [1.165, 1.54) is 0 Å². The van der Waals surface area contributed by atoms with E-state index in [2.05, 4.69) is 15.6 Å². The number of carbonyl (C=O) groups is 1. The Morgan fingerprint density at radius 3 is 3.00 bits per heavy atom. The smallest absolute Gasteiger partial charge is 0.225 e. The second-order valence-corrected chi connectivity index (χ2v) is 5.02. The molecule has 1 saturated heterocycles. The molecule has 1 aromatic heterocycles. The van der Waals surface area contributed by atoms with Gasteiger partial charge in [-0.05, 0) is 50.4 Å². The zero-order valence-electron chi connectivity index (χ0n) is 10.3. The Morgan fingerprint density at radius 2 is 2.28 bits per heavy atom. The van der Waals surface area contributed by atoms with E-state index in [9.17, 15) is 4.79 Å². The van der Waals surface area contributed by atoms with E-state index < -0.39 is 0 Å². The van der Waals surface area contributed by atoms with Gasteiger partial charge in [0.05, 0.1) is 5.02 Å². The second kappa shape index (κ2) is 6.71. The molecule has 2 N–H and O–H groups in total. The summed E-state index contributed by atoms with van der Waals surface area (Å²) in [6.07, 6.45) is 5.43. The van der Waals surface area contributed by atoms with Gasteiger partial charge in [0.1, 0.15) is 0 Å². The van der Waals surface area contributed by atoms with E-state index in [1.807, 2.05) is 0 Å². The lowest BCUT2D eigenvalue weighted by Gasteiger charge is -2.22. The number of amides is 1. The van der Waals surface area contributed by atoms with E-state index in [0.717, 1.165) is 32.4 Å². The summed E-state index contributed by atoms with van der Waals surface area (Å²) >= 11 is 5.93. The summed E-state index contributed by atoms with van der Waals surface area (Å²) in [5, 5.41) is 6.55. The first-order valence-corrected chi connectivity index (χ1v) is 6.74. The number of rotatable bonds is 4. The van der Waals surface area contributed by atoms with Crippen molar-refractivity contribution >= 4 is 23.3 Å². The maximum atomic E-state index is 11.8. The predicted molar refractivity (Wildman–Crippen MR) is 72.7 cm³/mol. The number of aromatic nitrogens is 1. The van der Waals surface area contributed by atoms with Gasteiger partial charge in [-0.25, -0.2) is 4.98 Å². The van der Waals surface area contributed by atoms with E-state index in [1.54, 1.807) is 18.3 Å². The quantitative estimate of drug-likeness (QED) is 0.881. The molecule has 98 valence electrons. The van der Waals surface area contributed by atoms with Gasteiger partial charge in [-0.2, -0.15) is 0 Å². The van der Waals surface area contributed by atoms with Crippen molar-refractivity contribution in [2.45, 2.75) is 25.7 Å². The highest BCUT2D eigenvalue weighted by Crippen LogP contribution is 2.20. The fraction of sp³-hybridized carbons (Fsp3) is 0.538. The zero-order chi connectivity index (χ0) is 12.8. The summed E-state index contributed by atoms with van der Waals surface area (Å²) in [4.78, 5) is 15.8. The van der Waals surface area contributed by atoms with Gasteiger partial charge in [0, 0.05) is 12.6 Å². The van der Waals surface area contributed by atoms with Crippen LogP contribution in [0.2, 0.25) is 5.02 Å². The van der Waals surface area contributed by atoms with Crippen molar-refractivity contribution in [3.63, 3.8) is 0 Å². The molecule has 0 radical (unpaired) electrons. The standard InChI is InChI=1S/C13H18ClN3O/c14-11-2-1-7-16-13(11)17-12(18)4-3-10-5-8-15-9-6-10/h1-2,7,10,15H,3-6,8-9H2,(H,16,17,18). The molecule has 18 heavy (non-hydrogen) atoms. The average molecular weight is 268 g/mol. The molecule has 5 heteroatoms. The number of carbonyl (C=O) groups excluding carboxylic acids is 1. The molecule has 1 fully saturated rings. The lowest BCUT2D eigenvalue weighted by molar-refractivity contribution is -0.116. The van der Waals surface area contributed by atoms with E-state index in [-0.39, 0.29) is 5.91 Å². The van der Waals surface area contributed by atoms with Gasteiger partial charge in [-0.15, -0.1) is 0 Å². The fourth-order valence-corrected chi connectivity index (χ4v) is 2.35. The van der Waals surface area contributed by atoms with Crippen LogP contribution < -0.4 is 10.6 Å². The number of nitrogens with one attached hydrogen (secondary N) is 2. The molecule has 1 aliphatic rings. The van der Waals surface area contributed by atoms with Crippen molar-refractivity contribution in [3.05, 3.63) is 23.4 Å². The monoisotopic (exact) mass is 267 g/mol. The number of halogens is 1. The third kappa shape index (κ3) is 3.96. The highest BCUT2D eigenvalue weighted by molar-refractivity contribution is 6.33. The maximum Gasteiger partial charge on any atom is 0.225 e. The van der Waals surface area contributed by atoms with Gasteiger partial charge in [0.25, 0.3) is 0 Å². The number of anilines is 1. The van der Waals surface area contributed by atoms with E-state index >= 15 is 0 Å². The van der Waals surface area contributed by atoms with Crippen LogP contribution in [0.5, 0.6) is 0 Å². The van der Waals surface area contributed by atoms with E-state index in [0.29, 0.717) is 23.2 Å².